The molecule has 1 heterocycles. The zero-order chi connectivity index (χ0) is 15.9. The van der Waals surface area contributed by atoms with E-state index < -0.39 is 4.92 Å². The van der Waals surface area contributed by atoms with Crippen LogP contribution in [0.1, 0.15) is 38.5 Å². The molecule has 8 nitrogen and oxygen atoms in total. The molecule has 1 amide bonds. The Bertz CT molecular complexity index is 516. The molecule has 1 aromatic rings. The maximum absolute atomic E-state index is 12.0. The van der Waals surface area contributed by atoms with E-state index in [0.29, 0.717) is 19.0 Å². The molecule has 0 spiro atoms. The molecule has 0 aromatic carbocycles. The largest absolute Gasteiger partial charge is 0.352 e. The van der Waals surface area contributed by atoms with Crippen LogP contribution in [0.5, 0.6) is 0 Å². The van der Waals surface area contributed by atoms with Gasteiger partial charge >= 0.3 is 5.69 Å². The van der Waals surface area contributed by atoms with Crippen LogP contribution in [0, 0.1) is 16.0 Å². The number of nitrogens with zero attached hydrogens (tertiary/aromatic N) is 3. The lowest BCUT2D eigenvalue weighted by molar-refractivity contribution is -0.385. The minimum atomic E-state index is -0.503. The van der Waals surface area contributed by atoms with Gasteiger partial charge in [0.25, 0.3) is 0 Å². The minimum Gasteiger partial charge on any atom is -0.352 e. The number of carbonyl (C=O) groups is 1. The first-order chi connectivity index (χ1) is 10.6. The van der Waals surface area contributed by atoms with E-state index in [1.807, 2.05) is 0 Å². The number of hydrogen-bond donors (Lipinski definition) is 2. The van der Waals surface area contributed by atoms with Crippen molar-refractivity contribution in [1.82, 2.24) is 15.1 Å². The van der Waals surface area contributed by atoms with Crippen molar-refractivity contribution < 1.29 is 9.72 Å². The average Bonchev–Trinajstić information content (AvgIpc) is 3.01. The highest BCUT2D eigenvalue weighted by Gasteiger charge is 2.23. The Kier molecular flexibility index (Phi) is 7.97. The smallest absolute Gasteiger partial charge is 0.306 e. The number of nitro groups is 1. The highest BCUT2D eigenvalue weighted by molar-refractivity contribution is 5.85. The molecule has 23 heavy (non-hydrogen) atoms. The van der Waals surface area contributed by atoms with Crippen LogP contribution in [0.15, 0.2) is 12.4 Å². The van der Waals surface area contributed by atoms with Crippen molar-refractivity contribution in [3.8, 4) is 0 Å². The molecule has 0 radical (unpaired) electrons. The number of amides is 1. The maximum atomic E-state index is 12.0. The second-order valence-corrected chi connectivity index (χ2v) is 5.78. The molecule has 130 valence electrons. The number of aryl methyl sites for hydroxylation is 1. The van der Waals surface area contributed by atoms with Crippen molar-refractivity contribution in [1.29, 1.82) is 0 Å². The summed E-state index contributed by atoms with van der Waals surface area (Å²) in [4.78, 5) is 22.1. The van der Waals surface area contributed by atoms with E-state index in [1.165, 1.54) is 36.3 Å². The number of hydrogen-bond acceptors (Lipinski definition) is 5. The Labute approximate surface area is 141 Å². The molecule has 0 aliphatic heterocycles. The monoisotopic (exact) mass is 345 g/mol. The molecule has 1 unspecified atom stereocenters. The van der Waals surface area contributed by atoms with Crippen molar-refractivity contribution in [2.24, 2.45) is 11.7 Å². The molecule has 9 heteroatoms. The first kappa shape index (κ1) is 19.4. The number of nitrogens with two attached hydrogens (primary N) is 1. The molecule has 2 rings (SSSR count). The van der Waals surface area contributed by atoms with E-state index in [0.717, 1.165) is 12.8 Å². The third kappa shape index (κ3) is 5.80. The summed E-state index contributed by atoms with van der Waals surface area (Å²) < 4.78 is 1.41. The lowest BCUT2D eigenvalue weighted by Gasteiger charge is -2.30. The highest BCUT2D eigenvalue weighted by Crippen LogP contribution is 2.26. The zero-order valence-electron chi connectivity index (χ0n) is 13.0. The molecule has 0 saturated heterocycles. The van der Waals surface area contributed by atoms with Crippen LogP contribution in [-0.2, 0) is 11.3 Å². The van der Waals surface area contributed by atoms with Crippen molar-refractivity contribution >= 4 is 24.0 Å². The Hall–Kier alpha value is -1.67. The Morgan fingerprint density at radius 3 is 2.74 bits per heavy atom. The standard InChI is InChI=1S/C14H23N5O3.ClH/c15-8-13(11-4-2-1-3-5-11)17-14(20)6-7-18-10-12(9-16-18)19(21)22;/h9-11,13H,1-8,15H2,(H,17,20);1H. The van der Waals surface area contributed by atoms with Crippen LogP contribution in [0.25, 0.3) is 0 Å². The van der Waals surface area contributed by atoms with Crippen molar-refractivity contribution in [2.45, 2.75) is 51.1 Å². The van der Waals surface area contributed by atoms with E-state index in [9.17, 15) is 14.9 Å². The number of aromatic nitrogens is 2. The van der Waals surface area contributed by atoms with Crippen molar-refractivity contribution in [3.63, 3.8) is 0 Å². The lowest BCUT2D eigenvalue weighted by Crippen LogP contribution is -2.46. The van der Waals surface area contributed by atoms with E-state index in [2.05, 4.69) is 10.4 Å². The molecular weight excluding hydrogens is 322 g/mol. The fraction of sp³-hybridized carbons (Fsp3) is 0.714. The van der Waals surface area contributed by atoms with Crippen LogP contribution in [0.3, 0.4) is 0 Å². The quantitative estimate of drug-likeness (QED) is 0.575. The van der Waals surface area contributed by atoms with Gasteiger partial charge in [0.1, 0.15) is 12.4 Å². The van der Waals surface area contributed by atoms with E-state index in [-0.39, 0.29) is 36.5 Å². The number of halogens is 1. The second kappa shape index (κ2) is 9.46. The van der Waals surface area contributed by atoms with Gasteiger partial charge in [0.15, 0.2) is 0 Å². The Morgan fingerprint density at radius 2 is 2.17 bits per heavy atom. The van der Waals surface area contributed by atoms with Gasteiger partial charge in [0.2, 0.25) is 5.91 Å². The molecule has 1 aromatic heterocycles. The van der Waals surface area contributed by atoms with Gasteiger partial charge in [-0.05, 0) is 18.8 Å². The number of rotatable bonds is 7. The fourth-order valence-corrected chi connectivity index (χ4v) is 2.97. The molecule has 0 bridgehead atoms. The molecule has 1 atom stereocenters. The van der Waals surface area contributed by atoms with Gasteiger partial charge < -0.3 is 11.1 Å². The topological polar surface area (TPSA) is 116 Å². The third-order valence-corrected chi connectivity index (χ3v) is 4.22. The molecule has 1 fully saturated rings. The maximum Gasteiger partial charge on any atom is 0.306 e. The molecule has 1 saturated carbocycles. The normalized spacial score (nSPS) is 16.4. The van der Waals surface area contributed by atoms with Gasteiger partial charge in [-0.1, -0.05) is 19.3 Å². The Morgan fingerprint density at radius 1 is 1.48 bits per heavy atom. The summed E-state index contributed by atoms with van der Waals surface area (Å²) in [5.74, 6) is 0.382. The van der Waals surface area contributed by atoms with Gasteiger partial charge in [-0.3, -0.25) is 19.6 Å². The fourth-order valence-electron chi connectivity index (χ4n) is 2.97. The summed E-state index contributed by atoms with van der Waals surface area (Å²) in [6, 6.07) is 0.0276. The minimum absolute atomic E-state index is 0. The lowest BCUT2D eigenvalue weighted by atomic mass is 9.84. The van der Waals surface area contributed by atoms with Crippen LogP contribution in [0.2, 0.25) is 0 Å². The van der Waals surface area contributed by atoms with Gasteiger partial charge in [-0.15, -0.1) is 12.4 Å². The van der Waals surface area contributed by atoms with Gasteiger partial charge in [0.05, 0.1) is 4.92 Å². The van der Waals surface area contributed by atoms with E-state index in [1.54, 1.807) is 0 Å². The van der Waals surface area contributed by atoms with Crippen LogP contribution < -0.4 is 11.1 Å². The molecule has 1 aliphatic rings. The summed E-state index contributed by atoms with van der Waals surface area (Å²) in [6.45, 7) is 0.769. The molecule has 3 N–H and O–H groups in total. The molecular formula is C14H24ClN5O3. The summed E-state index contributed by atoms with van der Waals surface area (Å²) >= 11 is 0. The van der Waals surface area contributed by atoms with Gasteiger partial charge in [-0.2, -0.15) is 5.10 Å². The SMILES string of the molecule is Cl.NCC(NC(=O)CCn1cc([N+](=O)[O-])cn1)C1CCCCC1. The van der Waals surface area contributed by atoms with Gasteiger partial charge in [0, 0.05) is 25.6 Å². The second-order valence-electron chi connectivity index (χ2n) is 5.78. The first-order valence-corrected chi connectivity index (χ1v) is 7.76. The van der Waals surface area contributed by atoms with Gasteiger partial charge in [-0.25, -0.2) is 0 Å². The first-order valence-electron chi connectivity index (χ1n) is 7.76. The number of carbonyl (C=O) groups excluding carboxylic acids is 1. The summed E-state index contributed by atoms with van der Waals surface area (Å²) in [5.41, 5.74) is 5.72. The predicted molar refractivity (Wildman–Crippen MR) is 88.3 cm³/mol. The Balaban J connectivity index is 0.00000264. The van der Waals surface area contributed by atoms with Crippen molar-refractivity contribution in [3.05, 3.63) is 22.5 Å². The van der Waals surface area contributed by atoms with Crippen LogP contribution in [-0.4, -0.2) is 33.2 Å². The van der Waals surface area contributed by atoms with Crippen LogP contribution >= 0.6 is 12.4 Å². The predicted octanol–water partition coefficient (Wildman–Crippen LogP) is 1.63. The van der Waals surface area contributed by atoms with Crippen molar-refractivity contribution in [2.75, 3.05) is 6.54 Å². The zero-order valence-corrected chi connectivity index (χ0v) is 13.8. The number of nitrogens with one attached hydrogen (secondary N) is 1. The summed E-state index contributed by atoms with van der Waals surface area (Å²) in [6.07, 6.45) is 8.66. The average molecular weight is 346 g/mol. The van der Waals surface area contributed by atoms with E-state index in [4.69, 9.17) is 5.73 Å². The van der Waals surface area contributed by atoms with Crippen LogP contribution in [0.4, 0.5) is 5.69 Å². The third-order valence-electron chi connectivity index (χ3n) is 4.22. The highest BCUT2D eigenvalue weighted by atomic mass is 35.5. The molecule has 1 aliphatic carbocycles. The van der Waals surface area contributed by atoms with E-state index >= 15 is 0 Å². The summed E-state index contributed by atoms with van der Waals surface area (Å²) in [7, 11) is 0. The summed E-state index contributed by atoms with van der Waals surface area (Å²) in [5, 5.41) is 17.4.